The fourth-order valence-corrected chi connectivity index (χ4v) is 4.86. The Bertz CT molecular complexity index is 854. The van der Waals surface area contributed by atoms with Crippen molar-refractivity contribution in [2.45, 2.75) is 106 Å². The van der Waals surface area contributed by atoms with Crippen LogP contribution in [0.5, 0.6) is 0 Å². The molecule has 0 aromatic heterocycles. The van der Waals surface area contributed by atoms with E-state index in [9.17, 15) is 55.5 Å². The van der Waals surface area contributed by atoms with Gasteiger partial charge in [0.15, 0.2) is 18.9 Å². The van der Waals surface area contributed by atoms with Crippen molar-refractivity contribution in [3.8, 4) is 0 Å². The van der Waals surface area contributed by atoms with Crippen LogP contribution in [0.15, 0.2) is 0 Å². The maximum Gasteiger partial charge on any atom is 0.217 e. The molecule has 3 aliphatic heterocycles. The van der Waals surface area contributed by atoms with Crippen LogP contribution >= 0.6 is 0 Å². The molecule has 3 aliphatic rings. The van der Waals surface area contributed by atoms with Gasteiger partial charge in [0.1, 0.15) is 73.1 Å². The fraction of sp³-hybridized carbons (Fsp3) is 0.909. The molecule has 18 nitrogen and oxygen atoms in total. The predicted molar refractivity (Wildman–Crippen MR) is 124 cm³/mol. The van der Waals surface area contributed by atoms with E-state index in [1.165, 1.54) is 0 Å². The first-order chi connectivity index (χ1) is 18.8. The van der Waals surface area contributed by atoms with Gasteiger partial charge in [-0.1, -0.05) is 0 Å². The number of carbonyl (C=O) groups is 2. The van der Waals surface area contributed by atoms with Crippen LogP contribution in [-0.4, -0.2) is 170 Å². The zero-order chi connectivity index (χ0) is 29.9. The van der Waals surface area contributed by atoms with Crippen molar-refractivity contribution in [1.29, 1.82) is 0 Å². The molecule has 0 aliphatic carbocycles. The number of aliphatic hydroxyl groups is 9. The van der Waals surface area contributed by atoms with Crippen LogP contribution in [0.25, 0.3) is 0 Å². The minimum Gasteiger partial charge on any atom is -0.394 e. The summed E-state index contributed by atoms with van der Waals surface area (Å²) >= 11 is 0. The summed E-state index contributed by atoms with van der Waals surface area (Å²) in [6, 6.07) is -2.86. The van der Waals surface area contributed by atoms with Crippen LogP contribution in [0.1, 0.15) is 13.8 Å². The van der Waals surface area contributed by atoms with E-state index >= 15 is 0 Å². The molecule has 2 amide bonds. The minimum absolute atomic E-state index is 0.650. The summed E-state index contributed by atoms with van der Waals surface area (Å²) in [4.78, 5) is 23.4. The molecule has 3 fully saturated rings. The van der Waals surface area contributed by atoms with Crippen molar-refractivity contribution < 1.29 is 79.2 Å². The van der Waals surface area contributed by atoms with Gasteiger partial charge < -0.3 is 80.3 Å². The predicted octanol–water partition coefficient (Wildman–Crippen LogP) is -7.29. The minimum atomic E-state index is -1.94. The van der Waals surface area contributed by atoms with E-state index in [0.29, 0.717) is 0 Å². The second-order valence-corrected chi connectivity index (χ2v) is 9.81. The van der Waals surface area contributed by atoms with Crippen LogP contribution in [0, 0.1) is 0 Å². The highest BCUT2D eigenvalue weighted by Gasteiger charge is 2.54. The Morgan fingerprint density at radius 1 is 0.600 bits per heavy atom. The number of hydrogen-bond donors (Lipinski definition) is 11. The number of amides is 2. The van der Waals surface area contributed by atoms with Gasteiger partial charge >= 0.3 is 0 Å². The van der Waals surface area contributed by atoms with E-state index < -0.39 is 124 Å². The van der Waals surface area contributed by atoms with Crippen molar-refractivity contribution in [2.75, 3.05) is 19.8 Å². The van der Waals surface area contributed by atoms with Crippen LogP contribution < -0.4 is 10.6 Å². The number of hydrogen-bond acceptors (Lipinski definition) is 16. The van der Waals surface area contributed by atoms with Gasteiger partial charge in [-0.25, -0.2) is 0 Å². The number of nitrogens with one attached hydrogen (secondary N) is 2. The molecule has 0 unspecified atom stereocenters. The monoisotopic (exact) mass is 586 g/mol. The molecular formula is C22H38N2O16. The Labute approximate surface area is 228 Å². The van der Waals surface area contributed by atoms with Gasteiger partial charge in [-0.05, 0) is 0 Å². The second kappa shape index (κ2) is 14.0. The molecule has 0 bridgehead atoms. The summed E-state index contributed by atoms with van der Waals surface area (Å²) < 4.78 is 27.5. The first-order valence-corrected chi connectivity index (χ1v) is 12.6. The zero-order valence-corrected chi connectivity index (χ0v) is 21.7. The number of aliphatic hydroxyl groups excluding tert-OH is 9. The third-order valence-corrected chi connectivity index (χ3v) is 6.90. The summed E-state index contributed by atoms with van der Waals surface area (Å²) in [5.74, 6) is -1.31. The molecule has 0 aromatic carbocycles. The number of rotatable bonds is 9. The molecule has 15 atom stereocenters. The van der Waals surface area contributed by atoms with Gasteiger partial charge in [-0.15, -0.1) is 0 Å². The normalized spacial score (nSPS) is 46.0. The molecule has 232 valence electrons. The molecule has 0 aromatic rings. The summed E-state index contributed by atoms with van der Waals surface area (Å²) in [5.41, 5.74) is 0. The van der Waals surface area contributed by atoms with E-state index in [4.69, 9.17) is 23.7 Å². The van der Waals surface area contributed by atoms with E-state index in [-0.39, 0.29) is 0 Å². The van der Waals surface area contributed by atoms with Crippen LogP contribution in [-0.2, 0) is 33.3 Å². The lowest BCUT2D eigenvalue weighted by Gasteiger charge is -2.49. The van der Waals surface area contributed by atoms with Crippen LogP contribution in [0.2, 0.25) is 0 Å². The highest BCUT2D eigenvalue weighted by molar-refractivity contribution is 5.73. The van der Waals surface area contributed by atoms with E-state index in [1.807, 2.05) is 0 Å². The zero-order valence-electron chi connectivity index (χ0n) is 21.7. The smallest absolute Gasteiger partial charge is 0.217 e. The molecule has 40 heavy (non-hydrogen) atoms. The van der Waals surface area contributed by atoms with Gasteiger partial charge in [0.25, 0.3) is 0 Å². The largest absolute Gasteiger partial charge is 0.394 e. The Balaban J connectivity index is 1.88. The van der Waals surface area contributed by atoms with Crippen molar-refractivity contribution in [1.82, 2.24) is 10.6 Å². The van der Waals surface area contributed by atoms with Crippen molar-refractivity contribution in [3.05, 3.63) is 0 Å². The first-order valence-electron chi connectivity index (χ1n) is 12.6. The average molecular weight is 587 g/mol. The molecule has 11 N–H and O–H groups in total. The summed E-state index contributed by atoms with van der Waals surface area (Å²) in [6.45, 7) is -0.135. The third kappa shape index (κ3) is 7.05. The maximum atomic E-state index is 11.7. The van der Waals surface area contributed by atoms with Crippen molar-refractivity contribution in [3.63, 3.8) is 0 Å². The van der Waals surface area contributed by atoms with Gasteiger partial charge in [0.05, 0.1) is 19.8 Å². The fourth-order valence-electron chi connectivity index (χ4n) is 4.86. The SMILES string of the molecule is CC(=O)N[C@@H]1[C@@H](O[C@@H]2O[C@H](CO)[C@H](O)[C@H](O[C@@H]3O[C@H](CO)[C@H](O)[C@H](O)[C@H]3NC(C)=O)[C@H]2O)[C@@H](O)[C@@H](CO)O[C@H]1O. The Kier molecular flexibility index (Phi) is 11.5. The van der Waals surface area contributed by atoms with E-state index in [2.05, 4.69) is 10.6 Å². The van der Waals surface area contributed by atoms with E-state index in [1.54, 1.807) is 0 Å². The topological polar surface area (TPSA) is 286 Å². The molecule has 3 saturated heterocycles. The molecule has 0 radical (unpaired) electrons. The molecular weight excluding hydrogens is 548 g/mol. The molecule has 3 heterocycles. The van der Waals surface area contributed by atoms with Crippen LogP contribution in [0.3, 0.4) is 0 Å². The van der Waals surface area contributed by atoms with Gasteiger partial charge in [-0.3, -0.25) is 9.59 Å². The van der Waals surface area contributed by atoms with Gasteiger partial charge in [0, 0.05) is 13.8 Å². The Hall–Kier alpha value is -1.62. The van der Waals surface area contributed by atoms with E-state index in [0.717, 1.165) is 13.8 Å². The lowest BCUT2D eigenvalue weighted by Crippen LogP contribution is -2.69. The molecule has 3 rings (SSSR count). The summed E-state index contributed by atoms with van der Waals surface area (Å²) in [6.07, 6.45) is -21.5. The number of ether oxygens (including phenoxy) is 5. The maximum absolute atomic E-state index is 11.7. The lowest BCUT2D eigenvalue weighted by molar-refractivity contribution is -0.365. The molecule has 0 saturated carbocycles. The Morgan fingerprint density at radius 3 is 1.60 bits per heavy atom. The quantitative estimate of drug-likeness (QED) is 0.120. The highest BCUT2D eigenvalue weighted by atomic mass is 16.7. The van der Waals surface area contributed by atoms with Crippen LogP contribution in [0.4, 0.5) is 0 Å². The standard InChI is InChI=1S/C22H38N2O16/c1-6(28)23-11-16(33)13(30)8(3-25)37-21(11)40-19-15(32)10(5-27)38-22(17(19)34)39-18-12(24-7(2)29)20(35)36-9(4-26)14(18)31/h8-22,25-27,30-35H,3-5H2,1-2H3,(H,23,28)(H,24,29)/t8-,9-,10-,11-,12-,13+,14+,15+,16-,17-,18-,19+,20-,21+,22+/m1/s1. The molecule has 18 heteroatoms. The van der Waals surface area contributed by atoms with Gasteiger partial charge in [-0.2, -0.15) is 0 Å². The first kappa shape index (κ1) is 32.9. The van der Waals surface area contributed by atoms with Crippen molar-refractivity contribution >= 4 is 11.8 Å². The lowest BCUT2D eigenvalue weighted by atomic mass is 9.94. The average Bonchev–Trinajstić information content (AvgIpc) is 2.90. The number of carbonyl (C=O) groups excluding carboxylic acids is 2. The second-order valence-electron chi connectivity index (χ2n) is 9.81. The van der Waals surface area contributed by atoms with Crippen molar-refractivity contribution in [2.24, 2.45) is 0 Å². The summed E-state index contributed by atoms with van der Waals surface area (Å²) in [5, 5.41) is 97.2. The Morgan fingerprint density at radius 2 is 1.05 bits per heavy atom. The highest BCUT2D eigenvalue weighted by Crippen LogP contribution is 2.32. The van der Waals surface area contributed by atoms with Gasteiger partial charge in [0.2, 0.25) is 11.8 Å². The third-order valence-electron chi connectivity index (χ3n) is 6.90. The molecule has 0 spiro atoms. The summed E-state index contributed by atoms with van der Waals surface area (Å²) in [7, 11) is 0.